The van der Waals surface area contributed by atoms with E-state index in [0.29, 0.717) is 0 Å². The van der Waals surface area contributed by atoms with Gasteiger partial charge in [0.1, 0.15) is 0 Å². The van der Waals surface area contributed by atoms with Gasteiger partial charge in [-0.1, -0.05) is 35.5 Å². The van der Waals surface area contributed by atoms with E-state index in [-0.39, 0.29) is 0 Å². The second kappa shape index (κ2) is 5.96. The summed E-state index contributed by atoms with van der Waals surface area (Å²) in [5.41, 5.74) is 2.85. The summed E-state index contributed by atoms with van der Waals surface area (Å²) in [7, 11) is 0. The first-order valence-corrected chi connectivity index (χ1v) is 4.11. The molecule has 0 rings (SSSR count). The fourth-order valence-corrected chi connectivity index (χ4v) is 0.861. The molecule has 0 aliphatic rings. The Morgan fingerprint density at radius 3 is 2.18 bits per heavy atom. The average Bonchev–Trinajstić information content (AvgIpc) is 2.00. The third-order valence-electron chi connectivity index (χ3n) is 1.62. The summed E-state index contributed by atoms with van der Waals surface area (Å²) in [6, 6.07) is 0. The van der Waals surface area contributed by atoms with Gasteiger partial charge in [0.05, 0.1) is 0 Å². The molecule has 0 atom stereocenters. The molecule has 0 aromatic rings. The van der Waals surface area contributed by atoms with E-state index in [1.165, 1.54) is 11.1 Å². The van der Waals surface area contributed by atoms with Crippen LogP contribution < -0.4 is 0 Å². The van der Waals surface area contributed by atoms with Crippen molar-refractivity contribution in [3.05, 3.63) is 35.5 Å². The van der Waals surface area contributed by atoms with Crippen LogP contribution in [0.2, 0.25) is 0 Å². The highest BCUT2D eigenvalue weighted by molar-refractivity contribution is 5.16. The standard InChI is InChI=1S/C11H18/c1-5-7-8-11(4)9-10(3)6-2/h5-8H,9H2,1-4H3/b7-5-,10-6?,11-8-. The molecular formula is C11H18. The first kappa shape index (κ1) is 10.2. The molecule has 0 N–H and O–H groups in total. The number of rotatable bonds is 3. The molecule has 0 aromatic heterocycles. The minimum Gasteiger partial charge on any atom is -0.0884 e. The van der Waals surface area contributed by atoms with Gasteiger partial charge in [-0.2, -0.15) is 0 Å². The second-order valence-corrected chi connectivity index (χ2v) is 2.85. The van der Waals surface area contributed by atoms with Gasteiger partial charge in [-0.25, -0.2) is 0 Å². The molecule has 0 nitrogen and oxygen atoms in total. The zero-order chi connectivity index (χ0) is 8.69. The molecule has 0 aromatic carbocycles. The fourth-order valence-electron chi connectivity index (χ4n) is 0.861. The number of hydrogen-bond acceptors (Lipinski definition) is 0. The van der Waals surface area contributed by atoms with Gasteiger partial charge in [-0.3, -0.25) is 0 Å². The molecule has 0 aliphatic carbocycles. The normalized spacial score (nSPS) is 14.5. The van der Waals surface area contributed by atoms with E-state index in [0.717, 1.165) is 6.42 Å². The van der Waals surface area contributed by atoms with Crippen molar-refractivity contribution in [3.63, 3.8) is 0 Å². The largest absolute Gasteiger partial charge is 0.0884 e. The van der Waals surface area contributed by atoms with Crippen LogP contribution in [0.1, 0.15) is 34.1 Å². The van der Waals surface area contributed by atoms with Crippen molar-refractivity contribution in [2.75, 3.05) is 0 Å². The van der Waals surface area contributed by atoms with E-state index in [1.807, 2.05) is 6.92 Å². The summed E-state index contributed by atoms with van der Waals surface area (Å²) in [6.07, 6.45) is 9.55. The lowest BCUT2D eigenvalue weighted by Crippen LogP contribution is -1.78. The Morgan fingerprint density at radius 2 is 1.73 bits per heavy atom. The van der Waals surface area contributed by atoms with Gasteiger partial charge in [0.15, 0.2) is 0 Å². The molecule has 0 heterocycles. The highest BCUT2D eigenvalue weighted by Crippen LogP contribution is 2.08. The Balaban J connectivity index is 3.96. The third kappa shape index (κ3) is 5.65. The van der Waals surface area contributed by atoms with Gasteiger partial charge < -0.3 is 0 Å². The molecule has 0 fully saturated rings. The van der Waals surface area contributed by atoms with Crippen molar-refractivity contribution in [2.45, 2.75) is 34.1 Å². The summed E-state index contributed by atoms with van der Waals surface area (Å²) in [5, 5.41) is 0. The zero-order valence-corrected chi connectivity index (χ0v) is 8.02. The van der Waals surface area contributed by atoms with Crippen molar-refractivity contribution in [1.82, 2.24) is 0 Å². The van der Waals surface area contributed by atoms with Gasteiger partial charge in [-0.15, -0.1) is 0 Å². The van der Waals surface area contributed by atoms with Crippen LogP contribution in [0.3, 0.4) is 0 Å². The lowest BCUT2D eigenvalue weighted by atomic mass is 10.1. The summed E-state index contributed by atoms with van der Waals surface area (Å²) >= 11 is 0. The van der Waals surface area contributed by atoms with E-state index in [2.05, 4.69) is 45.1 Å². The van der Waals surface area contributed by atoms with Crippen LogP contribution in [0.15, 0.2) is 35.5 Å². The molecule has 0 saturated heterocycles. The molecule has 0 radical (unpaired) electrons. The van der Waals surface area contributed by atoms with E-state index in [4.69, 9.17) is 0 Å². The molecule has 0 spiro atoms. The van der Waals surface area contributed by atoms with Crippen LogP contribution in [-0.4, -0.2) is 0 Å². The monoisotopic (exact) mass is 150 g/mol. The molecule has 11 heavy (non-hydrogen) atoms. The summed E-state index contributed by atoms with van der Waals surface area (Å²) < 4.78 is 0. The molecule has 0 heteroatoms. The van der Waals surface area contributed by atoms with Crippen LogP contribution in [0, 0.1) is 0 Å². The number of hydrogen-bond donors (Lipinski definition) is 0. The molecule has 0 aliphatic heterocycles. The SMILES string of the molecule is CC=C(C)C/C(C)=C\C=C/C. The molecule has 0 unspecified atom stereocenters. The van der Waals surface area contributed by atoms with E-state index >= 15 is 0 Å². The molecule has 0 amide bonds. The van der Waals surface area contributed by atoms with Gasteiger partial charge in [0, 0.05) is 0 Å². The average molecular weight is 150 g/mol. The third-order valence-corrected chi connectivity index (χ3v) is 1.62. The highest BCUT2D eigenvalue weighted by Gasteiger charge is 1.88. The van der Waals surface area contributed by atoms with Crippen molar-refractivity contribution < 1.29 is 0 Å². The number of allylic oxidation sites excluding steroid dienone is 6. The second-order valence-electron chi connectivity index (χ2n) is 2.85. The van der Waals surface area contributed by atoms with Crippen LogP contribution in [-0.2, 0) is 0 Å². The van der Waals surface area contributed by atoms with Crippen molar-refractivity contribution in [2.24, 2.45) is 0 Å². The van der Waals surface area contributed by atoms with E-state index in [9.17, 15) is 0 Å². The smallest absolute Gasteiger partial charge is 0.0111 e. The topological polar surface area (TPSA) is 0 Å². The van der Waals surface area contributed by atoms with E-state index < -0.39 is 0 Å². The van der Waals surface area contributed by atoms with Gasteiger partial charge in [0.2, 0.25) is 0 Å². The molecular weight excluding hydrogens is 132 g/mol. The zero-order valence-electron chi connectivity index (χ0n) is 8.02. The Morgan fingerprint density at radius 1 is 1.09 bits per heavy atom. The van der Waals surface area contributed by atoms with Gasteiger partial charge >= 0.3 is 0 Å². The van der Waals surface area contributed by atoms with Gasteiger partial charge in [-0.05, 0) is 34.1 Å². The first-order valence-electron chi connectivity index (χ1n) is 4.11. The highest BCUT2D eigenvalue weighted by atomic mass is 13.9. The molecule has 0 bridgehead atoms. The fraction of sp³-hybridized carbons (Fsp3) is 0.455. The minimum atomic E-state index is 1.10. The molecule has 0 saturated carbocycles. The Labute approximate surface area is 70.3 Å². The van der Waals surface area contributed by atoms with Crippen LogP contribution >= 0.6 is 0 Å². The maximum atomic E-state index is 2.16. The maximum Gasteiger partial charge on any atom is -0.0111 e. The Kier molecular flexibility index (Phi) is 5.54. The Bertz CT molecular complexity index is 180. The molecule has 62 valence electrons. The van der Waals surface area contributed by atoms with Gasteiger partial charge in [0.25, 0.3) is 0 Å². The summed E-state index contributed by atoms with van der Waals surface area (Å²) in [5.74, 6) is 0. The van der Waals surface area contributed by atoms with Crippen molar-refractivity contribution in [3.8, 4) is 0 Å². The van der Waals surface area contributed by atoms with E-state index in [1.54, 1.807) is 0 Å². The lowest BCUT2D eigenvalue weighted by molar-refractivity contribution is 1.10. The quantitative estimate of drug-likeness (QED) is 0.423. The van der Waals surface area contributed by atoms with Crippen LogP contribution in [0.25, 0.3) is 0 Å². The summed E-state index contributed by atoms with van der Waals surface area (Å²) in [6.45, 7) is 8.44. The Hall–Kier alpha value is -0.780. The van der Waals surface area contributed by atoms with Crippen molar-refractivity contribution >= 4 is 0 Å². The van der Waals surface area contributed by atoms with Crippen molar-refractivity contribution in [1.29, 1.82) is 0 Å². The predicted octanol–water partition coefficient (Wildman–Crippen LogP) is 3.87. The first-order chi connectivity index (χ1) is 5.20. The maximum absolute atomic E-state index is 2.16. The van der Waals surface area contributed by atoms with Crippen LogP contribution in [0.4, 0.5) is 0 Å². The predicted molar refractivity (Wildman–Crippen MR) is 52.6 cm³/mol. The lowest BCUT2D eigenvalue weighted by Gasteiger charge is -1.98. The van der Waals surface area contributed by atoms with Crippen LogP contribution in [0.5, 0.6) is 0 Å². The minimum absolute atomic E-state index is 1.10. The summed E-state index contributed by atoms with van der Waals surface area (Å²) in [4.78, 5) is 0.